The molecule has 43 heavy (non-hydrogen) atoms. The molecule has 0 amide bonds. The van der Waals surface area contributed by atoms with Gasteiger partial charge in [0.2, 0.25) is 0 Å². The second-order valence-corrected chi connectivity index (χ2v) is 10.6. The van der Waals surface area contributed by atoms with Crippen LogP contribution in [0, 0.1) is 0 Å². The van der Waals surface area contributed by atoms with Gasteiger partial charge in [-0.25, -0.2) is 4.79 Å². The van der Waals surface area contributed by atoms with Crippen LogP contribution >= 0.6 is 0 Å². The Kier molecular flexibility index (Phi) is 10.7. The SMILES string of the molecule is COC(=O)c1ccc(OCCCCCCc2ccc3cc(OCc4ccccc4)c(OCc4ccccc4)cc3c2)cc1. The van der Waals surface area contributed by atoms with Gasteiger partial charge < -0.3 is 18.9 Å². The predicted octanol–water partition coefficient (Wildman–Crippen LogP) is 8.97. The fraction of sp³-hybridized carbons (Fsp3) is 0.237. The fourth-order valence-corrected chi connectivity index (χ4v) is 4.94. The minimum absolute atomic E-state index is 0.340. The summed E-state index contributed by atoms with van der Waals surface area (Å²) in [5.41, 5.74) is 4.08. The van der Waals surface area contributed by atoms with Crippen LogP contribution in [0.5, 0.6) is 17.2 Å². The smallest absolute Gasteiger partial charge is 0.337 e. The summed E-state index contributed by atoms with van der Waals surface area (Å²) < 4.78 is 23.1. The van der Waals surface area contributed by atoms with Gasteiger partial charge in [-0.2, -0.15) is 0 Å². The summed E-state index contributed by atoms with van der Waals surface area (Å²) >= 11 is 0. The molecule has 5 rings (SSSR count). The monoisotopic (exact) mass is 574 g/mol. The molecule has 0 saturated heterocycles. The lowest BCUT2D eigenvalue weighted by Crippen LogP contribution is -2.01. The van der Waals surface area contributed by atoms with Gasteiger partial charge in [0.1, 0.15) is 19.0 Å². The van der Waals surface area contributed by atoms with Crippen molar-refractivity contribution in [1.29, 1.82) is 0 Å². The molecule has 0 heterocycles. The van der Waals surface area contributed by atoms with E-state index in [1.54, 1.807) is 12.1 Å². The van der Waals surface area contributed by atoms with Gasteiger partial charge >= 0.3 is 5.97 Å². The summed E-state index contributed by atoms with van der Waals surface area (Å²) in [5, 5.41) is 2.29. The average Bonchev–Trinajstić information content (AvgIpc) is 3.06. The molecule has 5 aromatic carbocycles. The number of rotatable bonds is 15. The Bertz CT molecular complexity index is 1580. The molecule has 5 aromatic rings. The molecular formula is C38H38O5. The standard InChI is InChI=1S/C38H38O5/c1-40-38(39)32-19-21-35(22-20-32)41-23-11-3-2-6-12-29-17-18-33-25-36(42-27-30-13-7-4-8-14-30)37(26-34(33)24-29)43-28-31-15-9-5-10-16-31/h4-5,7-10,13-22,24-26H,2-3,6,11-12,23,27-28H2,1H3. The first-order valence-electron chi connectivity index (χ1n) is 14.9. The zero-order valence-corrected chi connectivity index (χ0v) is 24.7. The molecule has 0 fully saturated rings. The first-order valence-corrected chi connectivity index (χ1v) is 14.9. The Balaban J connectivity index is 1.14. The second-order valence-electron chi connectivity index (χ2n) is 10.6. The van der Waals surface area contributed by atoms with Crippen LogP contribution in [0.15, 0.2) is 115 Å². The number of carbonyl (C=O) groups excluding carboxylic acids is 1. The molecule has 0 saturated carbocycles. The van der Waals surface area contributed by atoms with Crippen LogP contribution in [-0.4, -0.2) is 19.7 Å². The summed E-state index contributed by atoms with van der Waals surface area (Å²) in [6.45, 7) is 1.63. The topological polar surface area (TPSA) is 54.0 Å². The summed E-state index contributed by atoms with van der Waals surface area (Å²) in [4.78, 5) is 11.6. The highest BCUT2D eigenvalue weighted by Gasteiger charge is 2.10. The molecular weight excluding hydrogens is 536 g/mol. The maximum atomic E-state index is 11.6. The summed E-state index contributed by atoms with van der Waals surface area (Å²) in [7, 11) is 1.38. The number of carbonyl (C=O) groups is 1. The number of benzene rings is 5. The number of aryl methyl sites for hydroxylation is 1. The fourth-order valence-electron chi connectivity index (χ4n) is 4.94. The molecule has 5 nitrogen and oxygen atoms in total. The summed E-state index contributed by atoms with van der Waals surface area (Å²) in [6.07, 6.45) is 5.38. The number of unbranched alkanes of at least 4 members (excludes halogenated alkanes) is 3. The number of hydrogen-bond acceptors (Lipinski definition) is 5. The van der Waals surface area contributed by atoms with E-state index >= 15 is 0 Å². The van der Waals surface area contributed by atoms with Crippen LogP contribution in [0.25, 0.3) is 10.8 Å². The third-order valence-electron chi connectivity index (χ3n) is 7.35. The second kappa shape index (κ2) is 15.5. The zero-order valence-electron chi connectivity index (χ0n) is 24.7. The Labute approximate surface area is 254 Å². The maximum Gasteiger partial charge on any atom is 0.337 e. The van der Waals surface area contributed by atoms with E-state index in [1.165, 1.54) is 12.7 Å². The van der Waals surface area contributed by atoms with Crippen molar-refractivity contribution in [3.63, 3.8) is 0 Å². The van der Waals surface area contributed by atoms with E-state index in [0.717, 1.165) is 71.3 Å². The van der Waals surface area contributed by atoms with E-state index in [2.05, 4.69) is 54.6 Å². The van der Waals surface area contributed by atoms with Crippen LogP contribution in [0.2, 0.25) is 0 Å². The van der Waals surface area contributed by atoms with Gasteiger partial charge in [-0.1, -0.05) is 91.7 Å². The van der Waals surface area contributed by atoms with E-state index in [0.29, 0.717) is 25.4 Å². The number of hydrogen-bond donors (Lipinski definition) is 0. The van der Waals surface area contributed by atoms with Crippen LogP contribution in [-0.2, 0) is 24.4 Å². The van der Waals surface area contributed by atoms with Crippen LogP contribution < -0.4 is 14.2 Å². The summed E-state index contributed by atoms with van der Waals surface area (Å²) in [5.74, 6) is 1.93. The number of ether oxygens (including phenoxy) is 4. The van der Waals surface area contributed by atoms with Crippen LogP contribution in [0.1, 0.15) is 52.7 Å². The number of esters is 1. The lowest BCUT2D eigenvalue weighted by Gasteiger charge is -2.15. The molecule has 0 aliphatic rings. The van der Waals surface area contributed by atoms with E-state index in [1.807, 2.05) is 48.5 Å². The van der Waals surface area contributed by atoms with Gasteiger partial charge in [0.05, 0.1) is 19.3 Å². The van der Waals surface area contributed by atoms with E-state index in [-0.39, 0.29) is 5.97 Å². The lowest BCUT2D eigenvalue weighted by molar-refractivity contribution is 0.0600. The predicted molar refractivity (Wildman–Crippen MR) is 171 cm³/mol. The quantitative estimate of drug-likeness (QED) is 0.0923. The molecule has 5 heteroatoms. The van der Waals surface area contributed by atoms with Crippen molar-refractivity contribution in [2.75, 3.05) is 13.7 Å². The zero-order chi connectivity index (χ0) is 29.7. The number of fused-ring (bicyclic) bond motifs is 1. The molecule has 0 atom stereocenters. The van der Waals surface area contributed by atoms with E-state index in [9.17, 15) is 4.79 Å². The summed E-state index contributed by atoms with van der Waals surface area (Å²) in [6, 6.07) is 38.3. The van der Waals surface area contributed by atoms with Crippen molar-refractivity contribution in [1.82, 2.24) is 0 Å². The molecule has 0 N–H and O–H groups in total. The lowest BCUT2D eigenvalue weighted by atomic mass is 10.0. The van der Waals surface area contributed by atoms with Gasteiger partial charge in [-0.3, -0.25) is 0 Å². The third-order valence-corrected chi connectivity index (χ3v) is 7.35. The molecule has 0 aromatic heterocycles. The molecule has 0 bridgehead atoms. The Morgan fingerprint density at radius 2 is 1.16 bits per heavy atom. The van der Waals surface area contributed by atoms with E-state index in [4.69, 9.17) is 18.9 Å². The van der Waals surface area contributed by atoms with Crippen molar-refractivity contribution < 1.29 is 23.7 Å². The van der Waals surface area contributed by atoms with Gasteiger partial charge in [0, 0.05) is 0 Å². The minimum atomic E-state index is -0.340. The van der Waals surface area contributed by atoms with Gasteiger partial charge in [0.25, 0.3) is 0 Å². The molecule has 0 spiro atoms. The van der Waals surface area contributed by atoms with Crippen molar-refractivity contribution in [2.24, 2.45) is 0 Å². The van der Waals surface area contributed by atoms with Crippen molar-refractivity contribution in [3.8, 4) is 17.2 Å². The molecule has 0 radical (unpaired) electrons. The maximum absolute atomic E-state index is 11.6. The third kappa shape index (κ3) is 8.86. The van der Waals surface area contributed by atoms with Gasteiger partial charge in [-0.05, 0) is 83.1 Å². The van der Waals surface area contributed by atoms with Crippen LogP contribution in [0.4, 0.5) is 0 Å². The Morgan fingerprint density at radius 1 is 0.558 bits per heavy atom. The molecule has 220 valence electrons. The minimum Gasteiger partial charge on any atom is -0.494 e. The molecule has 0 aliphatic heterocycles. The largest absolute Gasteiger partial charge is 0.494 e. The first-order chi connectivity index (χ1) is 21.2. The highest BCUT2D eigenvalue weighted by atomic mass is 16.5. The van der Waals surface area contributed by atoms with Gasteiger partial charge in [0.15, 0.2) is 11.5 Å². The Hall–Kier alpha value is -4.77. The van der Waals surface area contributed by atoms with E-state index < -0.39 is 0 Å². The Morgan fingerprint density at radius 3 is 1.79 bits per heavy atom. The highest BCUT2D eigenvalue weighted by Crippen LogP contribution is 2.34. The van der Waals surface area contributed by atoms with Crippen molar-refractivity contribution in [3.05, 3.63) is 138 Å². The molecule has 0 unspecified atom stereocenters. The normalized spacial score (nSPS) is 10.8. The number of methoxy groups -OCH3 is 1. The first kappa shape index (κ1) is 29.7. The van der Waals surface area contributed by atoms with Crippen molar-refractivity contribution >= 4 is 16.7 Å². The van der Waals surface area contributed by atoms with Crippen LogP contribution in [0.3, 0.4) is 0 Å². The molecule has 0 aliphatic carbocycles. The van der Waals surface area contributed by atoms with Crippen molar-refractivity contribution in [2.45, 2.75) is 45.3 Å². The highest BCUT2D eigenvalue weighted by molar-refractivity contribution is 5.89. The van der Waals surface area contributed by atoms with Gasteiger partial charge in [-0.15, -0.1) is 0 Å². The average molecular weight is 575 g/mol.